The van der Waals surface area contributed by atoms with E-state index < -0.39 is 22.9 Å². The van der Waals surface area contributed by atoms with E-state index in [0.717, 1.165) is 29.0 Å². The van der Waals surface area contributed by atoms with E-state index in [0.29, 0.717) is 10.9 Å². The molecule has 5 nitrogen and oxygen atoms in total. The van der Waals surface area contributed by atoms with Gasteiger partial charge in [0.2, 0.25) is 11.8 Å². The molecular weight excluding hydrogens is 439 g/mol. The SMILES string of the molecule is C=CCN1C(=O)C(CC(=O)Nc2ccccc2C(F)(F)F)SC1=Nc1ccc(C)c(C)c1. The van der Waals surface area contributed by atoms with Crippen LogP contribution in [0.1, 0.15) is 23.1 Å². The van der Waals surface area contributed by atoms with Crippen LogP contribution in [-0.2, 0) is 15.8 Å². The van der Waals surface area contributed by atoms with E-state index in [1.165, 1.54) is 23.1 Å². The molecule has 3 rings (SSSR count). The molecule has 0 aliphatic carbocycles. The normalized spacial score (nSPS) is 17.7. The van der Waals surface area contributed by atoms with Gasteiger partial charge in [-0.15, -0.1) is 6.58 Å². The largest absolute Gasteiger partial charge is 0.418 e. The molecule has 1 aliphatic heterocycles. The second-order valence-corrected chi connectivity index (χ2v) is 8.47. The Morgan fingerprint density at radius 2 is 1.94 bits per heavy atom. The minimum atomic E-state index is -4.60. The Bertz CT molecular complexity index is 1080. The van der Waals surface area contributed by atoms with E-state index in [2.05, 4.69) is 16.9 Å². The van der Waals surface area contributed by atoms with E-state index in [1.54, 1.807) is 6.08 Å². The van der Waals surface area contributed by atoms with Crippen LogP contribution >= 0.6 is 11.8 Å². The van der Waals surface area contributed by atoms with Gasteiger partial charge >= 0.3 is 6.18 Å². The lowest BCUT2D eigenvalue weighted by Gasteiger charge is -2.15. The van der Waals surface area contributed by atoms with E-state index >= 15 is 0 Å². The van der Waals surface area contributed by atoms with Crippen molar-refractivity contribution in [1.29, 1.82) is 0 Å². The number of benzene rings is 2. The van der Waals surface area contributed by atoms with Crippen LogP contribution in [0.2, 0.25) is 0 Å². The third-order valence-corrected chi connectivity index (χ3v) is 6.10. The number of carbonyl (C=O) groups excluding carboxylic acids is 2. The third kappa shape index (κ3) is 5.40. The minimum absolute atomic E-state index is 0.213. The Kier molecular flexibility index (Phi) is 7.08. The fourth-order valence-corrected chi connectivity index (χ4v) is 4.30. The molecule has 1 atom stereocenters. The lowest BCUT2D eigenvalue weighted by molar-refractivity contribution is -0.137. The van der Waals surface area contributed by atoms with Crippen LogP contribution in [0, 0.1) is 13.8 Å². The number of aliphatic imine (C=N–C) groups is 1. The van der Waals surface area contributed by atoms with Crippen LogP contribution in [0.25, 0.3) is 0 Å². The van der Waals surface area contributed by atoms with Gasteiger partial charge in [0.15, 0.2) is 5.17 Å². The molecule has 9 heteroatoms. The van der Waals surface area contributed by atoms with E-state index in [9.17, 15) is 22.8 Å². The molecule has 168 valence electrons. The molecule has 1 fully saturated rings. The number of carbonyl (C=O) groups is 2. The van der Waals surface area contributed by atoms with Gasteiger partial charge in [0.05, 0.1) is 16.9 Å². The molecule has 1 unspecified atom stereocenters. The summed E-state index contributed by atoms with van der Waals surface area (Å²) in [5.41, 5.74) is 1.55. The number of aryl methyl sites for hydroxylation is 2. The fraction of sp³-hybridized carbons (Fsp3) is 0.261. The van der Waals surface area contributed by atoms with E-state index in [-0.39, 0.29) is 24.6 Å². The highest BCUT2D eigenvalue weighted by Gasteiger charge is 2.39. The Hall–Kier alpha value is -3.07. The van der Waals surface area contributed by atoms with Gasteiger partial charge in [0.25, 0.3) is 0 Å². The molecular formula is C23H22F3N3O2S. The van der Waals surface area contributed by atoms with Crippen LogP contribution in [-0.4, -0.2) is 33.7 Å². The zero-order valence-electron chi connectivity index (χ0n) is 17.6. The summed E-state index contributed by atoms with van der Waals surface area (Å²) in [6.07, 6.45) is -3.33. The van der Waals surface area contributed by atoms with Crippen molar-refractivity contribution in [1.82, 2.24) is 4.90 Å². The number of halogens is 3. The van der Waals surface area contributed by atoms with Crippen LogP contribution in [0.15, 0.2) is 60.1 Å². The minimum Gasteiger partial charge on any atom is -0.325 e. The van der Waals surface area contributed by atoms with Crippen LogP contribution in [0.5, 0.6) is 0 Å². The first kappa shape index (κ1) is 23.6. The Balaban J connectivity index is 1.78. The second kappa shape index (κ2) is 9.60. The van der Waals surface area contributed by atoms with Gasteiger partial charge in [0, 0.05) is 13.0 Å². The fourth-order valence-electron chi connectivity index (χ4n) is 3.14. The first-order valence-electron chi connectivity index (χ1n) is 9.81. The van der Waals surface area contributed by atoms with Crippen molar-refractivity contribution in [2.45, 2.75) is 31.7 Å². The van der Waals surface area contributed by atoms with Gasteiger partial charge in [0.1, 0.15) is 5.25 Å². The van der Waals surface area contributed by atoms with E-state index in [1.807, 2.05) is 32.0 Å². The molecule has 0 bridgehead atoms. The summed E-state index contributed by atoms with van der Waals surface area (Å²) >= 11 is 1.12. The summed E-state index contributed by atoms with van der Waals surface area (Å²) in [7, 11) is 0. The van der Waals surface area contributed by atoms with Gasteiger partial charge in [-0.2, -0.15) is 13.2 Å². The van der Waals surface area contributed by atoms with Crippen LogP contribution < -0.4 is 5.32 Å². The van der Waals surface area contributed by atoms with Crippen molar-refractivity contribution >= 4 is 40.1 Å². The smallest absolute Gasteiger partial charge is 0.325 e. The van der Waals surface area contributed by atoms with Gasteiger partial charge in [-0.05, 0) is 49.2 Å². The molecule has 0 saturated carbocycles. The number of anilines is 1. The molecule has 0 spiro atoms. The highest BCUT2D eigenvalue weighted by molar-refractivity contribution is 8.15. The number of amides is 2. The predicted octanol–water partition coefficient (Wildman–Crippen LogP) is 5.47. The molecule has 1 aliphatic rings. The molecule has 1 N–H and O–H groups in total. The summed E-state index contributed by atoms with van der Waals surface area (Å²) in [6.45, 7) is 7.81. The van der Waals surface area contributed by atoms with Crippen molar-refractivity contribution in [3.63, 3.8) is 0 Å². The number of para-hydroxylation sites is 1. The predicted molar refractivity (Wildman–Crippen MR) is 121 cm³/mol. The summed E-state index contributed by atoms with van der Waals surface area (Å²) in [5.74, 6) is -1.02. The maximum absolute atomic E-state index is 13.2. The lowest BCUT2D eigenvalue weighted by atomic mass is 10.1. The summed E-state index contributed by atoms with van der Waals surface area (Å²) in [6, 6.07) is 10.4. The molecule has 0 aromatic heterocycles. The number of thioether (sulfide) groups is 1. The van der Waals surface area contributed by atoms with Crippen LogP contribution in [0.3, 0.4) is 0 Å². The average Bonchev–Trinajstić information content (AvgIpc) is 2.99. The number of hydrogen-bond acceptors (Lipinski definition) is 4. The molecule has 0 radical (unpaired) electrons. The maximum Gasteiger partial charge on any atom is 0.418 e. The first-order valence-corrected chi connectivity index (χ1v) is 10.7. The quantitative estimate of drug-likeness (QED) is 0.581. The monoisotopic (exact) mass is 461 g/mol. The zero-order valence-corrected chi connectivity index (χ0v) is 18.4. The molecule has 1 saturated heterocycles. The lowest BCUT2D eigenvalue weighted by Crippen LogP contribution is -2.33. The summed E-state index contributed by atoms with van der Waals surface area (Å²) < 4.78 is 39.5. The zero-order chi connectivity index (χ0) is 23.5. The van der Waals surface area contributed by atoms with Crippen molar-refractivity contribution in [3.05, 3.63) is 71.8 Å². The summed E-state index contributed by atoms with van der Waals surface area (Å²) in [4.78, 5) is 31.3. The van der Waals surface area contributed by atoms with Crippen molar-refractivity contribution in [2.75, 3.05) is 11.9 Å². The van der Waals surface area contributed by atoms with Gasteiger partial charge in [-0.25, -0.2) is 4.99 Å². The Morgan fingerprint density at radius 1 is 1.22 bits per heavy atom. The van der Waals surface area contributed by atoms with Gasteiger partial charge in [-0.3, -0.25) is 14.5 Å². The number of rotatable bonds is 6. The third-order valence-electron chi connectivity index (χ3n) is 4.92. The Morgan fingerprint density at radius 3 is 2.59 bits per heavy atom. The summed E-state index contributed by atoms with van der Waals surface area (Å²) in [5, 5.41) is 1.92. The van der Waals surface area contributed by atoms with Crippen molar-refractivity contribution in [2.24, 2.45) is 4.99 Å². The van der Waals surface area contributed by atoms with Crippen LogP contribution in [0.4, 0.5) is 24.5 Å². The molecule has 1 heterocycles. The average molecular weight is 462 g/mol. The molecule has 32 heavy (non-hydrogen) atoms. The van der Waals surface area contributed by atoms with Gasteiger partial charge in [-0.1, -0.05) is 36.0 Å². The molecule has 2 amide bonds. The second-order valence-electron chi connectivity index (χ2n) is 7.30. The van der Waals surface area contributed by atoms with Gasteiger partial charge < -0.3 is 5.32 Å². The number of nitrogens with zero attached hydrogens (tertiary/aromatic N) is 2. The number of nitrogens with one attached hydrogen (secondary N) is 1. The number of amidine groups is 1. The first-order chi connectivity index (χ1) is 15.1. The van der Waals surface area contributed by atoms with Crippen molar-refractivity contribution in [3.8, 4) is 0 Å². The topological polar surface area (TPSA) is 61.8 Å². The molecule has 2 aromatic carbocycles. The maximum atomic E-state index is 13.2. The number of hydrogen-bond donors (Lipinski definition) is 1. The Labute approximate surface area is 188 Å². The highest BCUT2D eigenvalue weighted by Crippen LogP contribution is 2.36. The van der Waals surface area contributed by atoms with Crippen molar-refractivity contribution < 1.29 is 22.8 Å². The van der Waals surface area contributed by atoms with E-state index in [4.69, 9.17) is 0 Å². The standard InChI is InChI=1S/C23H22F3N3O2S/c1-4-11-29-21(31)19(32-22(29)27-16-10-9-14(2)15(3)12-16)13-20(30)28-18-8-6-5-7-17(18)23(24,25)26/h4-10,12,19H,1,11,13H2,2-3H3,(H,28,30). The number of alkyl halides is 3. The molecule has 2 aromatic rings. The highest BCUT2D eigenvalue weighted by atomic mass is 32.2.